The lowest BCUT2D eigenvalue weighted by molar-refractivity contribution is 0.127. The second kappa shape index (κ2) is 11.1. The summed E-state index contributed by atoms with van der Waals surface area (Å²) < 4.78 is 92.6. The molecule has 1 heterocycles. The first-order valence-corrected chi connectivity index (χ1v) is 10.4. The normalized spacial score (nSPS) is 20.2. The van der Waals surface area contributed by atoms with Crippen LogP contribution in [-0.2, 0) is 13.0 Å². The van der Waals surface area contributed by atoms with Crippen LogP contribution in [0.1, 0.15) is 50.2 Å². The Hall–Kier alpha value is -2.60. The molecular formula is C25H34FN3O2. The molecule has 0 aliphatic carbocycles. The third kappa shape index (κ3) is 7.24. The zero-order chi connectivity index (χ0) is 30.0. The highest BCUT2D eigenvalue weighted by Gasteiger charge is 2.27. The lowest BCUT2D eigenvalue weighted by Crippen LogP contribution is -2.49. The fourth-order valence-electron chi connectivity index (χ4n) is 3.13. The molecule has 0 atom stereocenters. The molecule has 2 amide bonds. The summed E-state index contributed by atoms with van der Waals surface area (Å²) in [5.41, 5.74) is -0.0852. The van der Waals surface area contributed by atoms with Crippen LogP contribution in [-0.4, -0.2) is 48.5 Å². The Morgan fingerprint density at radius 1 is 1.26 bits per heavy atom. The number of benzene rings is 2. The zero-order valence-corrected chi connectivity index (χ0v) is 17.8. The summed E-state index contributed by atoms with van der Waals surface area (Å²) in [6.07, 6.45) is 0.160. The van der Waals surface area contributed by atoms with Crippen LogP contribution in [0.3, 0.4) is 0 Å². The molecule has 6 heteroatoms. The van der Waals surface area contributed by atoms with Crippen molar-refractivity contribution in [2.45, 2.75) is 45.8 Å². The van der Waals surface area contributed by atoms with Gasteiger partial charge in [0.1, 0.15) is 11.6 Å². The second-order valence-corrected chi connectivity index (χ2v) is 7.90. The second-order valence-electron chi connectivity index (χ2n) is 7.90. The summed E-state index contributed by atoms with van der Waals surface area (Å²) >= 11 is 0. The van der Waals surface area contributed by atoms with E-state index in [0.717, 1.165) is 4.90 Å². The van der Waals surface area contributed by atoms with Crippen molar-refractivity contribution in [3.63, 3.8) is 0 Å². The van der Waals surface area contributed by atoms with E-state index in [1.807, 2.05) is 13.8 Å². The van der Waals surface area contributed by atoms with Gasteiger partial charge in [0.05, 0.1) is 14.8 Å². The Balaban J connectivity index is 1.91. The number of amides is 2. The number of hydrogen-bond donors (Lipinski definition) is 1. The van der Waals surface area contributed by atoms with Gasteiger partial charge in [-0.3, -0.25) is 0 Å². The van der Waals surface area contributed by atoms with Gasteiger partial charge in [-0.15, -0.1) is 0 Å². The van der Waals surface area contributed by atoms with Gasteiger partial charge in [-0.05, 0) is 74.2 Å². The van der Waals surface area contributed by atoms with Crippen molar-refractivity contribution in [1.29, 1.82) is 0 Å². The molecule has 3 rings (SSSR count). The van der Waals surface area contributed by atoms with Crippen LogP contribution >= 0.6 is 0 Å². The molecule has 1 aliphatic rings. The molecule has 2 aromatic rings. The van der Waals surface area contributed by atoms with E-state index < -0.39 is 61.1 Å². The van der Waals surface area contributed by atoms with E-state index in [-0.39, 0.29) is 32.5 Å². The van der Waals surface area contributed by atoms with Gasteiger partial charge in [0, 0.05) is 23.2 Å². The molecule has 0 radical (unpaired) electrons. The Labute approximate surface area is 197 Å². The van der Waals surface area contributed by atoms with Crippen molar-refractivity contribution < 1.29 is 26.3 Å². The van der Waals surface area contributed by atoms with Gasteiger partial charge in [0.25, 0.3) is 0 Å². The summed E-state index contributed by atoms with van der Waals surface area (Å²) in [7, 11) is 0. The number of rotatable bonds is 8. The van der Waals surface area contributed by atoms with Gasteiger partial charge >= 0.3 is 6.03 Å². The molecule has 1 fully saturated rings. The Bertz CT molecular complexity index is 1170. The first kappa shape index (κ1) is 13.7. The maximum absolute atomic E-state index is 14.2. The number of carbonyl (C=O) groups is 1. The quantitative estimate of drug-likeness (QED) is 0.654. The van der Waals surface area contributed by atoms with E-state index in [4.69, 9.17) is 17.1 Å². The van der Waals surface area contributed by atoms with Gasteiger partial charge in [0.15, 0.2) is 0 Å². The molecule has 0 unspecified atom stereocenters. The number of ether oxygens (including phenoxy) is 1. The van der Waals surface area contributed by atoms with Crippen LogP contribution in [0.5, 0.6) is 5.75 Å². The van der Waals surface area contributed by atoms with E-state index in [0.29, 0.717) is 23.8 Å². The highest BCUT2D eigenvalue weighted by Crippen LogP contribution is 2.19. The Kier molecular flexibility index (Phi) is 4.94. The molecule has 31 heavy (non-hydrogen) atoms. The fraction of sp³-hybridized carbons (Fsp3) is 0.480. The highest BCUT2D eigenvalue weighted by atomic mass is 19.1. The third-order valence-corrected chi connectivity index (χ3v) is 4.83. The van der Waals surface area contributed by atoms with E-state index in [1.54, 1.807) is 24.3 Å². The monoisotopic (exact) mass is 436 g/mol. The number of nitrogens with one attached hydrogen (secondary N) is 1. The van der Waals surface area contributed by atoms with Crippen molar-refractivity contribution >= 4 is 6.03 Å². The van der Waals surface area contributed by atoms with Crippen molar-refractivity contribution in [3.8, 4) is 5.75 Å². The summed E-state index contributed by atoms with van der Waals surface area (Å²) in [5, 5.41) is 2.65. The number of halogens is 1. The maximum Gasteiger partial charge on any atom is 0.318 e. The minimum Gasteiger partial charge on any atom is -0.493 e. The number of urea groups is 1. The van der Waals surface area contributed by atoms with E-state index in [9.17, 15) is 9.18 Å². The number of carbonyl (C=O) groups excluding carboxylic acids is 1. The SMILES string of the molecule is [2H]c1c([2H])c(C([2H])([2H])N(C(=O)NCc2ccc(OCC(C)C)cc2)C2CCN(C([2H])([2H])[2H])CC2)c([2H])c([2H])c1F. The Morgan fingerprint density at radius 3 is 2.55 bits per heavy atom. The Morgan fingerprint density at radius 2 is 1.94 bits per heavy atom. The first-order chi connectivity index (χ1) is 18.6. The fourth-order valence-corrected chi connectivity index (χ4v) is 3.13. The molecule has 168 valence electrons. The van der Waals surface area contributed by atoms with Gasteiger partial charge in [-0.2, -0.15) is 0 Å². The van der Waals surface area contributed by atoms with Crippen molar-refractivity contribution in [2.24, 2.45) is 5.92 Å². The van der Waals surface area contributed by atoms with Gasteiger partial charge in [0.2, 0.25) is 0 Å². The predicted molar refractivity (Wildman–Crippen MR) is 121 cm³/mol. The first-order valence-electron chi connectivity index (χ1n) is 14.9. The van der Waals surface area contributed by atoms with Crippen LogP contribution in [0, 0.1) is 11.7 Å². The predicted octanol–water partition coefficient (Wildman–Crippen LogP) is 4.67. The topological polar surface area (TPSA) is 44.8 Å². The molecule has 1 saturated heterocycles. The highest BCUT2D eigenvalue weighted by molar-refractivity contribution is 5.74. The maximum atomic E-state index is 14.2. The summed E-state index contributed by atoms with van der Waals surface area (Å²) in [6, 6.07) is 1.29. The van der Waals surface area contributed by atoms with Crippen molar-refractivity contribution in [2.75, 3.05) is 26.7 Å². The minimum atomic E-state index is -2.89. The van der Waals surface area contributed by atoms with Crippen LogP contribution in [0.4, 0.5) is 9.18 Å². The molecular weight excluding hydrogens is 393 g/mol. The smallest absolute Gasteiger partial charge is 0.318 e. The molecule has 0 spiro atoms. The van der Waals surface area contributed by atoms with Crippen LogP contribution in [0.15, 0.2) is 48.4 Å². The van der Waals surface area contributed by atoms with Crippen molar-refractivity contribution in [1.82, 2.24) is 15.1 Å². The largest absolute Gasteiger partial charge is 0.493 e. The molecule has 2 aromatic carbocycles. The molecule has 1 aliphatic heterocycles. The molecule has 5 nitrogen and oxygen atoms in total. The number of piperidine rings is 1. The lowest BCUT2D eigenvalue weighted by Gasteiger charge is -2.37. The molecule has 0 aromatic heterocycles. The van der Waals surface area contributed by atoms with Crippen LogP contribution < -0.4 is 10.1 Å². The molecule has 0 bridgehead atoms. The average Bonchev–Trinajstić information content (AvgIpc) is 2.88. The summed E-state index contributed by atoms with van der Waals surface area (Å²) in [6.45, 7) is -0.579. The van der Waals surface area contributed by atoms with E-state index >= 15 is 0 Å². The minimum absolute atomic E-state index is 0.00224. The third-order valence-electron chi connectivity index (χ3n) is 4.83. The summed E-state index contributed by atoms with van der Waals surface area (Å²) in [5.74, 6) is -0.418. The number of nitrogens with zero attached hydrogens (tertiary/aromatic N) is 2. The van der Waals surface area contributed by atoms with Gasteiger partial charge in [-0.1, -0.05) is 38.1 Å². The van der Waals surface area contributed by atoms with Crippen LogP contribution in [0.25, 0.3) is 0 Å². The standard InChI is InChI=1S/C25H34FN3O2/c1-19(2)18-31-24-10-6-20(7-11-24)16-27-25(30)29(23-12-14-28(3)15-13-23)17-21-4-8-22(26)9-5-21/h4-11,19,23H,12-18H2,1-3H3,(H,27,30)/i3D3,4D,5D,8D,9D,17D2. The summed E-state index contributed by atoms with van der Waals surface area (Å²) in [4.78, 5) is 15.6. The molecule has 1 N–H and O–H groups in total. The van der Waals surface area contributed by atoms with Crippen LogP contribution in [0.2, 0.25) is 0 Å². The van der Waals surface area contributed by atoms with E-state index in [1.165, 1.54) is 4.90 Å². The number of hydrogen-bond acceptors (Lipinski definition) is 3. The van der Waals surface area contributed by atoms with Crippen molar-refractivity contribution in [3.05, 3.63) is 65.4 Å². The average molecular weight is 437 g/mol. The lowest BCUT2D eigenvalue weighted by atomic mass is 10.0. The zero-order valence-electron chi connectivity index (χ0n) is 26.8. The van der Waals surface area contributed by atoms with Gasteiger partial charge < -0.3 is 19.9 Å². The number of likely N-dealkylation sites (tertiary alicyclic amines) is 1. The van der Waals surface area contributed by atoms with E-state index in [2.05, 4.69) is 5.32 Å². The van der Waals surface area contributed by atoms with Gasteiger partial charge in [-0.25, -0.2) is 9.18 Å². The molecule has 0 saturated carbocycles.